The van der Waals surface area contributed by atoms with Crippen LogP contribution in [0.25, 0.3) is 0 Å². The van der Waals surface area contributed by atoms with E-state index in [1.807, 2.05) is 38.1 Å². The van der Waals surface area contributed by atoms with Gasteiger partial charge < -0.3 is 20.3 Å². The molecule has 2 N–H and O–H groups in total. The topological polar surface area (TPSA) is 70.7 Å². The lowest BCUT2D eigenvalue weighted by molar-refractivity contribution is -0.143. The predicted molar refractivity (Wildman–Crippen MR) is 112 cm³/mol. The molecule has 2 rings (SSSR count). The molecule has 0 spiro atoms. The number of nitrogens with one attached hydrogen (secondary N) is 2. The molecule has 1 aliphatic rings. The summed E-state index contributed by atoms with van der Waals surface area (Å²) < 4.78 is 5.49. The first-order chi connectivity index (χ1) is 13.4. The third-order valence-electron chi connectivity index (χ3n) is 4.85. The Bertz CT molecular complexity index is 706. The van der Waals surface area contributed by atoms with Crippen LogP contribution >= 0.6 is 0 Å². The number of carbonyl (C=O) groups is 2. The Morgan fingerprint density at radius 2 is 1.79 bits per heavy atom. The molecule has 0 bridgehead atoms. The van der Waals surface area contributed by atoms with Gasteiger partial charge in [-0.05, 0) is 58.2 Å². The lowest BCUT2D eigenvalue weighted by atomic mass is 9.93. The van der Waals surface area contributed by atoms with Crippen molar-refractivity contribution in [2.24, 2.45) is 0 Å². The monoisotopic (exact) mass is 387 g/mol. The molecule has 1 heterocycles. The molecule has 1 aliphatic heterocycles. The highest BCUT2D eigenvalue weighted by Gasteiger charge is 2.33. The fraction of sp³-hybridized carbons (Fsp3) is 0.545. The van der Waals surface area contributed by atoms with Crippen molar-refractivity contribution < 1.29 is 14.3 Å². The van der Waals surface area contributed by atoms with Crippen LogP contribution in [-0.4, -0.2) is 31.2 Å². The van der Waals surface area contributed by atoms with E-state index in [4.69, 9.17) is 4.74 Å². The number of rotatable bonds is 9. The molecule has 1 atom stereocenters. The fourth-order valence-corrected chi connectivity index (χ4v) is 3.40. The number of esters is 1. The first kappa shape index (κ1) is 21.8. The summed E-state index contributed by atoms with van der Waals surface area (Å²) in [7, 11) is 0. The quantitative estimate of drug-likeness (QED) is 0.621. The molecule has 0 radical (unpaired) electrons. The molecule has 1 aromatic rings. The molecule has 6 nitrogen and oxygen atoms in total. The second-order valence-corrected chi connectivity index (χ2v) is 7.25. The molecule has 0 aromatic heterocycles. The smallest absolute Gasteiger partial charge is 0.338 e. The zero-order valence-corrected chi connectivity index (χ0v) is 17.7. The average Bonchev–Trinajstić information content (AvgIpc) is 2.66. The number of ether oxygens (including phenoxy) is 1. The number of hydrogen-bond acceptors (Lipinski definition) is 4. The number of allylic oxidation sites excluding steroid dienone is 1. The van der Waals surface area contributed by atoms with Crippen molar-refractivity contribution in [2.75, 3.05) is 18.0 Å². The van der Waals surface area contributed by atoms with Gasteiger partial charge in [0.25, 0.3) is 0 Å². The van der Waals surface area contributed by atoms with Crippen LogP contribution in [0.4, 0.5) is 10.5 Å². The van der Waals surface area contributed by atoms with Crippen LogP contribution in [0.1, 0.15) is 65.5 Å². The highest BCUT2D eigenvalue weighted by molar-refractivity contribution is 5.95. The summed E-state index contributed by atoms with van der Waals surface area (Å²) in [5.74, 6) is -0.383. The number of urea groups is 1. The van der Waals surface area contributed by atoms with Gasteiger partial charge in [-0.3, -0.25) is 0 Å². The van der Waals surface area contributed by atoms with Crippen molar-refractivity contribution in [1.29, 1.82) is 0 Å². The molecule has 1 aromatic carbocycles. The second kappa shape index (κ2) is 10.2. The third-order valence-corrected chi connectivity index (χ3v) is 4.85. The molecule has 6 heteroatoms. The normalized spacial score (nSPS) is 16.6. The molecular weight excluding hydrogens is 354 g/mol. The maximum atomic E-state index is 12.9. The van der Waals surface area contributed by atoms with E-state index < -0.39 is 6.04 Å². The van der Waals surface area contributed by atoms with E-state index in [0.29, 0.717) is 17.7 Å². The molecule has 154 valence electrons. The summed E-state index contributed by atoms with van der Waals surface area (Å²) in [5.41, 5.74) is 3.15. The van der Waals surface area contributed by atoms with Gasteiger partial charge >= 0.3 is 12.0 Å². The van der Waals surface area contributed by atoms with Crippen LogP contribution in [0.2, 0.25) is 0 Å². The minimum Gasteiger partial charge on any atom is -0.459 e. The lowest BCUT2D eigenvalue weighted by Crippen LogP contribution is -2.46. The van der Waals surface area contributed by atoms with Crippen LogP contribution in [0.15, 0.2) is 35.5 Å². The van der Waals surface area contributed by atoms with Gasteiger partial charge in [0.2, 0.25) is 0 Å². The van der Waals surface area contributed by atoms with Crippen molar-refractivity contribution in [3.63, 3.8) is 0 Å². The first-order valence-electron chi connectivity index (χ1n) is 10.3. The Kier molecular flexibility index (Phi) is 7.91. The third kappa shape index (κ3) is 5.27. The van der Waals surface area contributed by atoms with E-state index in [0.717, 1.165) is 37.2 Å². The van der Waals surface area contributed by atoms with Crippen molar-refractivity contribution in [3.05, 3.63) is 41.1 Å². The summed E-state index contributed by atoms with van der Waals surface area (Å²) in [6, 6.07) is 7.22. The largest absolute Gasteiger partial charge is 0.459 e. The minimum atomic E-state index is -0.516. The molecule has 0 saturated heterocycles. The highest BCUT2D eigenvalue weighted by Crippen LogP contribution is 2.31. The number of carbonyl (C=O) groups excluding carboxylic acids is 2. The van der Waals surface area contributed by atoms with Crippen molar-refractivity contribution in [2.45, 2.75) is 66.0 Å². The Hall–Kier alpha value is -2.50. The molecule has 0 aliphatic carbocycles. The van der Waals surface area contributed by atoms with Crippen molar-refractivity contribution in [1.82, 2.24) is 10.6 Å². The summed E-state index contributed by atoms with van der Waals surface area (Å²) in [5, 5.41) is 5.72. The maximum Gasteiger partial charge on any atom is 0.338 e. The van der Waals surface area contributed by atoms with E-state index >= 15 is 0 Å². The van der Waals surface area contributed by atoms with Gasteiger partial charge in [0, 0.05) is 24.5 Å². The summed E-state index contributed by atoms with van der Waals surface area (Å²) in [6.45, 7) is 11.8. The SMILES string of the molecule is CCCCC1=C(C(=O)OC(C)C)C(c2ccc(N(CC)CC)cc2)NC(=O)N1. The van der Waals surface area contributed by atoms with Gasteiger partial charge in [0.15, 0.2) is 0 Å². The molecule has 1 unspecified atom stereocenters. The van der Waals surface area contributed by atoms with Crippen LogP contribution in [-0.2, 0) is 9.53 Å². The number of nitrogens with zero attached hydrogens (tertiary/aromatic N) is 1. The number of hydrogen-bond donors (Lipinski definition) is 2. The van der Waals surface area contributed by atoms with Gasteiger partial charge in [0.05, 0.1) is 17.7 Å². The zero-order valence-electron chi connectivity index (χ0n) is 17.7. The van der Waals surface area contributed by atoms with Crippen LogP contribution in [0.3, 0.4) is 0 Å². The van der Waals surface area contributed by atoms with Gasteiger partial charge in [-0.1, -0.05) is 25.5 Å². The Labute approximate surface area is 168 Å². The number of unbranched alkanes of at least 4 members (excludes halogenated alkanes) is 1. The van der Waals surface area contributed by atoms with Crippen LogP contribution in [0.5, 0.6) is 0 Å². The highest BCUT2D eigenvalue weighted by atomic mass is 16.5. The minimum absolute atomic E-state index is 0.226. The van der Waals surface area contributed by atoms with Gasteiger partial charge in [0.1, 0.15) is 0 Å². The molecule has 0 fully saturated rings. The van der Waals surface area contributed by atoms with E-state index in [1.165, 1.54) is 0 Å². The standard InChI is InChI=1S/C22H33N3O3/c1-6-9-10-18-19(21(26)28-15(4)5)20(24-22(27)23-18)16-11-13-17(14-12-16)25(7-2)8-3/h11-15,20H,6-10H2,1-5H3,(H2,23,24,27). The fourth-order valence-electron chi connectivity index (χ4n) is 3.40. The Morgan fingerprint density at radius 3 is 2.32 bits per heavy atom. The van der Waals surface area contributed by atoms with Crippen molar-refractivity contribution in [3.8, 4) is 0 Å². The number of anilines is 1. The Morgan fingerprint density at radius 1 is 1.14 bits per heavy atom. The maximum absolute atomic E-state index is 12.9. The molecular formula is C22H33N3O3. The Balaban J connectivity index is 2.42. The molecule has 0 saturated carbocycles. The van der Waals surface area contributed by atoms with Gasteiger partial charge in [-0.25, -0.2) is 9.59 Å². The van der Waals surface area contributed by atoms with Gasteiger partial charge in [-0.15, -0.1) is 0 Å². The van der Waals surface area contributed by atoms with Gasteiger partial charge in [-0.2, -0.15) is 0 Å². The predicted octanol–water partition coefficient (Wildman–Crippen LogP) is 4.28. The van der Waals surface area contributed by atoms with E-state index in [-0.39, 0.29) is 18.1 Å². The summed E-state index contributed by atoms with van der Waals surface area (Å²) in [4.78, 5) is 27.4. The van der Waals surface area contributed by atoms with E-state index in [2.05, 4.69) is 36.3 Å². The number of benzene rings is 1. The lowest BCUT2D eigenvalue weighted by Gasteiger charge is -2.30. The van der Waals surface area contributed by atoms with Crippen LogP contribution in [0, 0.1) is 0 Å². The average molecular weight is 388 g/mol. The zero-order chi connectivity index (χ0) is 20.7. The first-order valence-corrected chi connectivity index (χ1v) is 10.3. The van der Waals surface area contributed by atoms with Crippen molar-refractivity contribution >= 4 is 17.7 Å². The number of amides is 2. The summed E-state index contributed by atoms with van der Waals surface area (Å²) >= 11 is 0. The van der Waals surface area contributed by atoms with E-state index in [1.54, 1.807) is 0 Å². The van der Waals surface area contributed by atoms with Crippen LogP contribution < -0.4 is 15.5 Å². The summed E-state index contributed by atoms with van der Waals surface area (Å²) in [6.07, 6.45) is 2.28. The second-order valence-electron chi connectivity index (χ2n) is 7.25. The molecule has 28 heavy (non-hydrogen) atoms. The van der Waals surface area contributed by atoms with E-state index in [9.17, 15) is 9.59 Å². The molecule has 2 amide bonds.